The number of piperidine rings is 1. The number of ketones is 1. The average molecular weight is 548 g/mol. The number of hydrogen-bond donors (Lipinski definition) is 0. The first kappa shape index (κ1) is 29.5. The number of nitrogens with zero attached hydrogens (tertiary/aromatic N) is 3. The summed E-state index contributed by atoms with van der Waals surface area (Å²) in [6, 6.07) is 4.17. The van der Waals surface area contributed by atoms with E-state index in [9.17, 15) is 13.2 Å². The van der Waals surface area contributed by atoms with Crippen LogP contribution in [0.5, 0.6) is 5.75 Å². The Labute approximate surface area is 230 Å². The number of hydrogen-bond acceptors (Lipinski definition) is 6. The molecule has 8 heteroatoms. The Bertz CT molecular complexity index is 1040. The second-order valence-corrected chi connectivity index (χ2v) is 14.3. The van der Waals surface area contributed by atoms with Gasteiger partial charge in [0.25, 0.3) is 0 Å². The van der Waals surface area contributed by atoms with Gasteiger partial charge in [-0.15, -0.1) is 0 Å². The van der Waals surface area contributed by atoms with Crippen molar-refractivity contribution in [2.45, 2.75) is 82.6 Å². The zero-order valence-electron chi connectivity index (χ0n) is 24.2. The molecule has 1 aromatic carbocycles. The van der Waals surface area contributed by atoms with Crippen LogP contribution in [-0.4, -0.2) is 88.3 Å². The molecule has 0 N–H and O–H groups in total. The SMILES string of the molecule is COc1cc(C)c(S(=O)(=O)N(C)CCC(=O)CC2CCC(N3CCC(C4CCN(C)C4)CC3)CC2)c(C)c1. The van der Waals surface area contributed by atoms with Crippen LogP contribution in [0.3, 0.4) is 0 Å². The number of carbonyl (C=O) groups is 1. The molecule has 2 heterocycles. The Hall–Kier alpha value is -1.48. The van der Waals surface area contributed by atoms with Crippen LogP contribution >= 0.6 is 0 Å². The standard InChI is InChI=1S/C30H49N3O4S/c1-22-18-29(37-5)19-23(2)30(22)38(35,36)32(4)15-13-28(34)20-24-6-8-27(9-7-24)33-16-11-25(12-17-33)26-10-14-31(3)21-26/h18-19,24-27H,6-17,20-21H2,1-5H3. The molecule has 2 saturated heterocycles. The first-order chi connectivity index (χ1) is 18.1. The van der Waals surface area contributed by atoms with Gasteiger partial charge in [0, 0.05) is 39.0 Å². The molecule has 7 nitrogen and oxygen atoms in total. The third-order valence-electron chi connectivity index (χ3n) is 9.56. The second-order valence-electron chi connectivity index (χ2n) is 12.3. The largest absolute Gasteiger partial charge is 0.497 e. The molecule has 0 amide bonds. The number of carbonyl (C=O) groups excluding carboxylic acids is 1. The molecular weight excluding hydrogens is 498 g/mol. The fourth-order valence-corrected chi connectivity index (χ4v) is 8.82. The van der Waals surface area contributed by atoms with Crippen molar-refractivity contribution >= 4 is 15.8 Å². The number of likely N-dealkylation sites (tertiary alicyclic amines) is 2. The van der Waals surface area contributed by atoms with E-state index >= 15 is 0 Å². The molecule has 1 saturated carbocycles. The van der Waals surface area contributed by atoms with Gasteiger partial charge in [0.2, 0.25) is 10.0 Å². The minimum absolute atomic E-state index is 0.182. The predicted molar refractivity (Wildman–Crippen MR) is 152 cm³/mol. The van der Waals surface area contributed by atoms with Crippen LogP contribution in [0.2, 0.25) is 0 Å². The van der Waals surface area contributed by atoms with Gasteiger partial charge in [0.15, 0.2) is 0 Å². The van der Waals surface area contributed by atoms with Crippen molar-refractivity contribution in [3.8, 4) is 5.75 Å². The number of benzene rings is 1. The normalized spacial score (nSPS) is 26.2. The fraction of sp³-hybridized carbons (Fsp3) is 0.767. The summed E-state index contributed by atoms with van der Waals surface area (Å²) < 4.78 is 33.1. The highest BCUT2D eigenvalue weighted by molar-refractivity contribution is 7.89. The summed E-state index contributed by atoms with van der Waals surface area (Å²) in [6.07, 6.45) is 9.54. The molecule has 1 unspecified atom stereocenters. The van der Waals surface area contributed by atoms with Crippen LogP contribution in [-0.2, 0) is 14.8 Å². The molecule has 2 aliphatic heterocycles. The lowest BCUT2D eigenvalue weighted by Crippen LogP contribution is -2.44. The predicted octanol–water partition coefficient (Wildman–Crippen LogP) is 4.50. The molecule has 38 heavy (non-hydrogen) atoms. The van der Waals surface area contributed by atoms with Crippen molar-refractivity contribution in [3.05, 3.63) is 23.3 Å². The third-order valence-corrected chi connectivity index (χ3v) is 11.7. The first-order valence-corrected chi connectivity index (χ1v) is 16.1. The van der Waals surface area contributed by atoms with E-state index in [-0.39, 0.29) is 18.7 Å². The Balaban J connectivity index is 1.19. The van der Waals surface area contributed by atoms with Gasteiger partial charge in [-0.05, 0) is 126 Å². The minimum Gasteiger partial charge on any atom is -0.497 e. The number of rotatable bonds is 10. The first-order valence-electron chi connectivity index (χ1n) is 14.6. The molecular formula is C30H49N3O4S. The molecule has 1 aliphatic carbocycles. The molecule has 1 aromatic rings. The molecule has 214 valence electrons. The molecule has 0 aromatic heterocycles. The van der Waals surface area contributed by atoms with E-state index in [1.54, 1.807) is 40.1 Å². The monoisotopic (exact) mass is 547 g/mol. The second kappa shape index (κ2) is 12.8. The number of Topliss-reactive ketones (excluding diaryl/α,β-unsaturated/α-hetero) is 1. The number of aryl methyl sites for hydroxylation is 2. The molecule has 0 spiro atoms. The summed E-state index contributed by atoms with van der Waals surface area (Å²) in [5.41, 5.74) is 1.32. The van der Waals surface area contributed by atoms with Crippen LogP contribution in [0.1, 0.15) is 68.9 Å². The van der Waals surface area contributed by atoms with Gasteiger partial charge in [-0.2, -0.15) is 0 Å². The van der Waals surface area contributed by atoms with Crippen molar-refractivity contribution in [2.24, 2.45) is 17.8 Å². The maximum atomic E-state index is 13.2. The molecule has 0 radical (unpaired) electrons. The fourth-order valence-electron chi connectivity index (χ4n) is 7.24. The highest BCUT2D eigenvalue weighted by Gasteiger charge is 2.34. The van der Waals surface area contributed by atoms with Crippen LogP contribution in [0, 0.1) is 31.6 Å². The van der Waals surface area contributed by atoms with Crippen molar-refractivity contribution in [2.75, 3.05) is 53.9 Å². The van der Waals surface area contributed by atoms with Crippen molar-refractivity contribution in [1.29, 1.82) is 0 Å². The van der Waals surface area contributed by atoms with Crippen LogP contribution in [0.15, 0.2) is 17.0 Å². The van der Waals surface area contributed by atoms with Crippen LogP contribution in [0.4, 0.5) is 0 Å². The van der Waals surface area contributed by atoms with Crippen molar-refractivity contribution in [3.63, 3.8) is 0 Å². The minimum atomic E-state index is -3.67. The lowest BCUT2D eigenvalue weighted by Gasteiger charge is -2.42. The molecule has 1 atom stereocenters. The highest BCUT2D eigenvalue weighted by atomic mass is 32.2. The summed E-state index contributed by atoms with van der Waals surface area (Å²) in [7, 11) is 1.73. The molecule has 4 rings (SSSR count). The summed E-state index contributed by atoms with van der Waals surface area (Å²) >= 11 is 0. The van der Waals surface area contributed by atoms with E-state index in [2.05, 4.69) is 16.8 Å². The average Bonchev–Trinajstić information content (AvgIpc) is 3.33. The van der Waals surface area contributed by atoms with Crippen LogP contribution in [0.25, 0.3) is 0 Å². The van der Waals surface area contributed by atoms with Gasteiger partial charge in [0.05, 0.1) is 12.0 Å². The zero-order valence-corrected chi connectivity index (χ0v) is 25.1. The summed E-state index contributed by atoms with van der Waals surface area (Å²) in [5, 5.41) is 0. The van der Waals surface area contributed by atoms with E-state index < -0.39 is 10.0 Å². The van der Waals surface area contributed by atoms with Gasteiger partial charge in [-0.3, -0.25) is 4.79 Å². The van der Waals surface area contributed by atoms with Gasteiger partial charge >= 0.3 is 0 Å². The Morgan fingerprint density at radius 1 is 0.974 bits per heavy atom. The van der Waals surface area contributed by atoms with Crippen molar-refractivity contribution < 1.29 is 17.9 Å². The van der Waals surface area contributed by atoms with E-state index in [1.807, 2.05) is 0 Å². The van der Waals surface area contributed by atoms with Gasteiger partial charge < -0.3 is 14.5 Å². The van der Waals surface area contributed by atoms with Crippen molar-refractivity contribution in [1.82, 2.24) is 14.1 Å². The Morgan fingerprint density at radius 3 is 2.13 bits per heavy atom. The number of sulfonamides is 1. The molecule has 3 fully saturated rings. The zero-order chi connectivity index (χ0) is 27.4. The summed E-state index contributed by atoms with van der Waals surface area (Å²) in [5.74, 6) is 3.08. The Morgan fingerprint density at radius 2 is 1.58 bits per heavy atom. The topological polar surface area (TPSA) is 70.2 Å². The number of methoxy groups -OCH3 is 1. The van der Waals surface area contributed by atoms with E-state index in [0.29, 0.717) is 40.2 Å². The molecule has 0 bridgehead atoms. The lowest BCUT2D eigenvalue weighted by atomic mass is 9.80. The number of ether oxygens (including phenoxy) is 1. The van der Waals surface area contributed by atoms with E-state index in [0.717, 1.165) is 24.7 Å². The summed E-state index contributed by atoms with van der Waals surface area (Å²) in [4.78, 5) is 18.3. The smallest absolute Gasteiger partial charge is 0.243 e. The summed E-state index contributed by atoms with van der Waals surface area (Å²) in [6.45, 7) is 8.82. The maximum absolute atomic E-state index is 13.2. The Kier molecular flexibility index (Phi) is 9.93. The van der Waals surface area contributed by atoms with E-state index in [4.69, 9.17) is 4.74 Å². The van der Waals surface area contributed by atoms with E-state index in [1.165, 1.54) is 62.6 Å². The van der Waals surface area contributed by atoms with Gasteiger partial charge in [0.1, 0.15) is 11.5 Å². The third kappa shape index (κ3) is 6.98. The lowest BCUT2D eigenvalue weighted by molar-refractivity contribution is -0.120. The molecule has 3 aliphatic rings. The van der Waals surface area contributed by atoms with Crippen LogP contribution < -0.4 is 4.74 Å². The maximum Gasteiger partial charge on any atom is 0.243 e. The van der Waals surface area contributed by atoms with Gasteiger partial charge in [-0.1, -0.05) is 0 Å². The highest BCUT2D eigenvalue weighted by Crippen LogP contribution is 2.36. The van der Waals surface area contributed by atoms with Gasteiger partial charge in [-0.25, -0.2) is 12.7 Å². The quantitative estimate of drug-likeness (QED) is 0.430.